The SMILES string of the molecule is CSC1(CN=C(N)N2CCSCC2)CCN(C)CC1. The lowest BCUT2D eigenvalue weighted by Crippen LogP contribution is -2.45. The second kappa shape index (κ2) is 7.09. The molecular formula is C13H26N4S2. The molecule has 2 fully saturated rings. The van der Waals surface area contributed by atoms with Crippen molar-refractivity contribution in [3.8, 4) is 0 Å². The van der Waals surface area contributed by atoms with Crippen LogP contribution in [0.2, 0.25) is 0 Å². The molecule has 4 nitrogen and oxygen atoms in total. The summed E-state index contributed by atoms with van der Waals surface area (Å²) in [6.45, 7) is 5.33. The van der Waals surface area contributed by atoms with Crippen molar-refractivity contribution < 1.29 is 0 Å². The van der Waals surface area contributed by atoms with E-state index in [4.69, 9.17) is 10.7 Å². The summed E-state index contributed by atoms with van der Waals surface area (Å²) in [5, 5.41) is 0. The van der Waals surface area contributed by atoms with Crippen LogP contribution in [-0.2, 0) is 0 Å². The maximum Gasteiger partial charge on any atom is 0.191 e. The fourth-order valence-electron chi connectivity index (χ4n) is 2.57. The number of likely N-dealkylation sites (tertiary alicyclic amines) is 1. The third kappa shape index (κ3) is 4.20. The first-order chi connectivity index (χ1) is 9.15. The van der Waals surface area contributed by atoms with Crippen LogP contribution < -0.4 is 5.73 Å². The van der Waals surface area contributed by atoms with E-state index in [0.29, 0.717) is 4.75 Å². The first-order valence-electron chi connectivity index (χ1n) is 7.01. The van der Waals surface area contributed by atoms with Gasteiger partial charge >= 0.3 is 0 Å². The Morgan fingerprint density at radius 2 is 1.89 bits per heavy atom. The summed E-state index contributed by atoms with van der Waals surface area (Å²) in [6, 6.07) is 0. The van der Waals surface area contributed by atoms with E-state index in [9.17, 15) is 0 Å². The van der Waals surface area contributed by atoms with Gasteiger partial charge in [-0.15, -0.1) is 0 Å². The van der Waals surface area contributed by atoms with Gasteiger partial charge in [0, 0.05) is 29.3 Å². The maximum absolute atomic E-state index is 6.15. The van der Waals surface area contributed by atoms with Crippen molar-refractivity contribution in [1.29, 1.82) is 0 Å². The highest BCUT2D eigenvalue weighted by molar-refractivity contribution is 8.00. The summed E-state index contributed by atoms with van der Waals surface area (Å²) in [7, 11) is 2.20. The monoisotopic (exact) mass is 302 g/mol. The standard InChI is InChI=1S/C13H26N4S2/c1-16-5-3-13(18-2,4-6-16)11-15-12(14)17-7-9-19-10-8-17/h3-11H2,1-2H3,(H2,14,15). The van der Waals surface area contributed by atoms with Crippen molar-refractivity contribution in [3.05, 3.63) is 0 Å². The number of nitrogens with zero attached hydrogens (tertiary/aromatic N) is 3. The van der Waals surface area contributed by atoms with Gasteiger partial charge in [-0.1, -0.05) is 0 Å². The summed E-state index contributed by atoms with van der Waals surface area (Å²) < 4.78 is 0.307. The van der Waals surface area contributed by atoms with Gasteiger partial charge in [0.1, 0.15) is 0 Å². The maximum atomic E-state index is 6.15. The quantitative estimate of drug-likeness (QED) is 0.626. The molecule has 6 heteroatoms. The number of guanidine groups is 1. The van der Waals surface area contributed by atoms with Gasteiger partial charge in [-0.05, 0) is 39.2 Å². The van der Waals surface area contributed by atoms with Crippen molar-refractivity contribution in [2.45, 2.75) is 17.6 Å². The lowest BCUT2D eigenvalue weighted by Gasteiger charge is -2.38. The van der Waals surface area contributed by atoms with Crippen molar-refractivity contribution in [2.24, 2.45) is 10.7 Å². The number of thioether (sulfide) groups is 2. The van der Waals surface area contributed by atoms with Gasteiger partial charge < -0.3 is 15.5 Å². The van der Waals surface area contributed by atoms with E-state index in [1.54, 1.807) is 0 Å². The molecule has 0 aromatic heterocycles. The second-order valence-electron chi connectivity index (χ2n) is 5.46. The first kappa shape index (κ1) is 15.3. The van der Waals surface area contributed by atoms with Gasteiger partial charge in [0.2, 0.25) is 0 Å². The van der Waals surface area contributed by atoms with Gasteiger partial charge in [0.15, 0.2) is 5.96 Å². The molecule has 2 N–H and O–H groups in total. The van der Waals surface area contributed by atoms with Crippen LogP contribution in [0.3, 0.4) is 0 Å². The number of hydrogen-bond acceptors (Lipinski definition) is 4. The molecular weight excluding hydrogens is 276 g/mol. The van der Waals surface area contributed by atoms with E-state index in [1.165, 1.54) is 37.4 Å². The van der Waals surface area contributed by atoms with E-state index in [1.807, 2.05) is 23.5 Å². The minimum Gasteiger partial charge on any atom is -0.370 e. The molecule has 2 aliphatic rings. The Hall–Kier alpha value is -0.0700. The summed E-state index contributed by atoms with van der Waals surface area (Å²) in [4.78, 5) is 9.35. The third-order valence-corrected chi connectivity index (χ3v) is 6.54. The zero-order valence-electron chi connectivity index (χ0n) is 12.1. The van der Waals surface area contributed by atoms with E-state index in [2.05, 4.69) is 23.1 Å². The molecule has 0 bridgehead atoms. The minimum absolute atomic E-state index is 0.307. The van der Waals surface area contributed by atoms with Crippen LogP contribution in [0.25, 0.3) is 0 Å². The molecule has 0 aliphatic carbocycles. The fourth-order valence-corrected chi connectivity index (χ4v) is 4.26. The minimum atomic E-state index is 0.307. The van der Waals surface area contributed by atoms with E-state index in [0.717, 1.165) is 25.6 Å². The highest BCUT2D eigenvalue weighted by Gasteiger charge is 2.32. The Bertz CT molecular complexity index is 308. The van der Waals surface area contributed by atoms with Crippen LogP contribution in [-0.4, -0.2) is 78.0 Å². The molecule has 110 valence electrons. The van der Waals surface area contributed by atoms with Crippen LogP contribution in [0.4, 0.5) is 0 Å². The van der Waals surface area contributed by atoms with Crippen LogP contribution >= 0.6 is 23.5 Å². The summed E-state index contributed by atoms with van der Waals surface area (Å²) in [6.07, 6.45) is 4.66. The van der Waals surface area contributed by atoms with Gasteiger partial charge in [0.05, 0.1) is 6.54 Å². The zero-order valence-corrected chi connectivity index (χ0v) is 13.7. The molecule has 2 rings (SSSR count). The zero-order chi connectivity index (χ0) is 13.7. The van der Waals surface area contributed by atoms with Gasteiger partial charge in [-0.3, -0.25) is 4.99 Å². The Labute approximate surface area is 125 Å². The Morgan fingerprint density at radius 3 is 2.47 bits per heavy atom. The number of nitrogens with two attached hydrogens (primary N) is 1. The average molecular weight is 303 g/mol. The molecule has 0 amide bonds. The summed E-state index contributed by atoms with van der Waals surface area (Å²) >= 11 is 3.98. The number of hydrogen-bond donors (Lipinski definition) is 1. The molecule has 0 radical (unpaired) electrons. The molecule has 0 aromatic rings. The highest BCUT2D eigenvalue weighted by Crippen LogP contribution is 2.34. The highest BCUT2D eigenvalue weighted by atomic mass is 32.2. The van der Waals surface area contributed by atoms with Crippen LogP contribution in [0, 0.1) is 0 Å². The van der Waals surface area contributed by atoms with Gasteiger partial charge in [-0.2, -0.15) is 23.5 Å². The van der Waals surface area contributed by atoms with Crippen molar-refractivity contribution >= 4 is 29.5 Å². The number of rotatable bonds is 3. The van der Waals surface area contributed by atoms with E-state index >= 15 is 0 Å². The van der Waals surface area contributed by atoms with Crippen molar-refractivity contribution in [2.75, 3.05) is 57.5 Å². The van der Waals surface area contributed by atoms with E-state index < -0.39 is 0 Å². The normalized spacial score (nSPS) is 25.6. The van der Waals surface area contributed by atoms with Crippen LogP contribution in [0.1, 0.15) is 12.8 Å². The molecule has 2 heterocycles. The number of aliphatic imine (C=N–C) groups is 1. The molecule has 19 heavy (non-hydrogen) atoms. The molecule has 0 unspecified atom stereocenters. The molecule has 0 saturated carbocycles. The lowest BCUT2D eigenvalue weighted by molar-refractivity contribution is 0.242. The van der Waals surface area contributed by atoms with Crippen LogP contribution in [0.15, 0.2) is 4.99 Å². The Morgan fingerprint density at radius 1 is 1.26 bits per heavy atom. The molecule has 2 aliphatic heterocycles. The first-order valence-corrected chi connectivity index (χ1v) is 9.39. The fraction of sp³-hybridized carbons (Fsp3) is 0.923. The third-order valence-electron chi connectivity index (χ3n) is 4.20. The predicted molar refractivity (Wildman–Crippen MR) is 88.4 cm³/mol. The molecule has 0 aromatic carbocycles. The smallest absolute Gasteiger partial charge is 0.191 e. The van der Waals surface area contributed by atoms with Gasteiger partial charge in [-0.25, -0.2) is 0 Å². The topological polar surface area (TPSA) is 44.9 Å². The van der Waals surface area contributed by atoms with Crippen molar-refractivity contribution in [1.82, 2.24) is 9.80 Å². The van der Waals surface area contributed by atoms with Gasteiger partial charge in [0.25, 0.3) is 0 Å². The lowest BCUT2D eigenvalue weighted by atomic mass is 9.96. The molecule has 0 atom stereocenters. The Kier molecular flexibility index (Phi) is 5.71. The van der Waals surface area contributed by atoms with E-state index in [-0.39, 0.29) is 0 Å². The van der Waals surface area contributed by atoms with Crippen LogP contribution in [0.5, 0.6) is 0 Å². The number of piperidine rings is 1. The largest absolute Gasteiger partial charge is 0.370 e. The Balaban J connectivity index is 1.90. The second-order valence-corrected chi connectivity index (χ2v) is 7.96. The van der Waals surface area contributed by atoms with Crippen molar-refractivity contribution in [3.63, 3.8) is 0 Å². The summed E-state index contributed by atoms with van der Waals surface area (Å²) in [5.41, 5.74) is 6.15. The summed E-state index contributed by atoms with van der Waals surface area (Å²) in [5.74, 6) is 3.11. The molecule has 2 saturated heterocycles. The average Bonchev–Trinajstić information content (AvgIpc) is 2.48. The predicted octanol–water partition coefficient (Wildman–Crippen LogP) is 1.18. The molecule has 0 spiro atoms.